The fraction of sp³-hybridized carbons (Fsp3) is 0.333. The minimum atomic E-state index is 0.0542. The lowest BCUT2D eigenvalue weighted by molar-refractivity contribution is -0.132. The summed E-state index contributed by atoms with van der Waals surface area (Å²) in [5.74, 6) is 0.216. The van der Waals surface area contributed by atoms with Gasteiger partial charge in [0.2, 0.25) is 5.91 Å². The standard InChI is InChI=1S/C24H27N3O2/c1-2-18-7-9-19(10-8-18)24(29)27-15-13-26(14-16-27)23(28)12-11-20-17-25-22-6-4-3-5-21(20)22/h3-10,17,25H,2,11-16H2,1H3. The molecule has 3 aromatic rings. The Kier molecular flexibility index (Phi) is 5.65. The average Bonchev–Trinajstić information content (AvgIpc) is 3.20. The molecule has 1 aliphatic rings. The maximum absolute atomic E-state index is 12.7. The SMILES string of the molecule is CCc1ccc(C(=O)N2CCN(C(=O)CCc3c[nH]c4ccccc34)CC2)cc1. The van der Waals surface area contributed by atoms with Gasteiger partial charge >= 0.3 is 0 Å². The van der Waals surface area contributed by atoms with Crippen molar-refractivity contribution < 1.29 is 9.59 Å². The number of benzene rings is 2. The van der Waals surface area contributed by atoms with E-state index in [2.05, 4.69) is 18.0 Å². The lowest BCUT2D eigenvalue weighted by Gasteiger charge is -2.35. The van der Waals surface area contributed by atoms with Crippen LogP contribution in [0.3, 0.4) is 0 Å². The molecule has 0 atom stereocenters. The summed E-state index contributed by atoms with van der Waals surface area (Å²) in [7, 11) is 0. The van der Waals surface area contributed by atoms with E-state index in [-0.39, 0.29) is 11.8 Å². The summed E-state index contributed by atoms with van der Waals surface area (Å²) >= 11 is 0. The Morgan fingerprint density at radius 1 is 0.931 bits per heavy atom. The summed E-state index contributed by atoms with van der Waals surface area (Å²) in [6, 6.07) is 16.0. The van der Waals surface area contributed by atoms with Gasteiger partial charge in [-0.05, 0) is 42.2 Å². The van der Waals surface area contributed by atoms with Crippen LogP contribution in [0, 0.1) is 0 Å². The van der Waals surface area contributed by atoms with Crippen LogP contribution in [-0.2, 0) is 17.6 Å². The van der Waals surface area contributed by atoms with E-state index in [0.717, 1.165) is 23.9 Å². The van der Waals surface area contributed by atoms with E-state index in [0.29, 0.717) is 32.6 Å². The van der Waals surface area contributed by atoms with E-state index in [1.165, 1.54) is 16.5 Å². The zero-order valence-corrected chi connectivity index (χ0v) is 16.9. The Morgan fingerprint density at radius 2 is 1.62 bits per heavy atom. The van der Waals surface area contributed by atoms with Crippen molar-refractivity contribution in [2.75, 3.05) is 26.2 Å². The first kappa shape index (κ1) is 19.2. The largest absolute Gasteiger partial charge is 0.361 e. The first-order chi connectivity index (χ1) is 14.2. The van der Waals surface area contributed by atoms with Gasteiger partial charge in [-0.3, -0.25) is 9.59 Å². The lowest BCUT2D eigenvalue weighted by Crippen LogP contribution is -2.50. The zero-order valence-electron chi connectivity index (χ0n) is 16.9. The van der Waals surface area contributed by atoms with Crippen molar-refractivity contribution in [1.29, 1.82) is 0 Å². The molecule has 0 saturated carbocycles. The maximum atomic E-state index is 12.7. The third-order valence-corrected chi connectivity index (χ3v) is 5.81. The number of aromatic amines is 1. The van der Waals surface area contributed by atoms with Gasteiger partial charge in [0.15, 0.2) is 0 Å². The molecule has 150 valence electrons. The van der Waals surface area contributed by atoms with Crippen LogP contribution in [0.5, 0.6) is 0 Å². The molecule has 1 saturated heterocycles. The second-order valence-corrected chi connectivity index (χ2v) is 7.58. The smallest absolute Gasteiger partial charge is 0.253 e. The fourth-order valence-corrected chi connectivity index (χ4v) is 3.96. The van der Waals surface area contributed by atoms with Gasteiger partial charge < -0.3 is 14.8 Å². The molecule has 29 heavy (non-hydrogen) atoms. The van der Waals surface area contributed by atoms with Gasteiger partial charge in [0.25, 0.3) is 5.91 Å². The number of nitrogens with zero attached hydrogens (tertiary/aromatic N) is 2. The van der Waals surface area contributed by atoms with Gasteiger partial charge in [0.1, 0.15) is 0 Å². The molecule has 0 bridgehead atoms. The molecule has 4 rings (SSSR count). The third kappa shape index (κ3) is 4.19. The summed E-state index contributed by atoms with van der Waals surface area (Å²) < 4.78 is 0. The number of rotatable bonds is 5. The number of hydrogen-bond acceptors (Lipinski definition) is 2. The topological polar surface area (TPSA) is 56.4 Å². The Hall–Kier alpha value is -3.08. The molecule has 2 amide bonds. The van der Waals surface area contributed by atoms with E-state index < -0.39 is 0 Å². The van der Waals surface area contributed by atoms with E-state index >= 15 is 0 Å². The van der Waals surface area contributed by atoms with Crippen molar-refractivity contribution in [3.63, 3.8) is 0 Å². The van der Waals surface area contributed by atoms with E-state index in [1.807, 2.05) is 58.5 Å². The van der Waals surface area contributed by atoms with Crippen LogP contribution >= 0.6 is 0 Å². The number of aromatic nitrogens is 1. The molecular formula is C24H27N3O2. The molecule has 1 aromatic heterocycles. The highest BCUT2D eigenvalue weighted by atomic mass is 16.2. The van der Waals surface area contributed by atoms with Crippen LogP contribution in [0.1, 0.15) is 34.8 Å². The molecule has 2 aromatic carbocycles. The van der Waals surface area contributed by atoms with Gasteiger partial charge in [-0.25, -0.2) is 0 Å². The van der Waals surface area contributed by atoms with Crippen molar-refractivity contribution in [3.8, 4) is 0 Å². The van der Waals surface area contributed by atoms with Crippen LogP contribution in [0.25, 0.3) is 10.9 Å². The number of fused-ring (bicyclic) bond motifs is 1. The van der Waals surface area contributed by atoms with E-state index in [1.54, 1.807) is 0 Å². The van der Waals surface area contributed by atoms with Crippen LogP contribution in [-0.4, -0.2) is 52.8 Å². The molecule has 0 radical (unpaired) electrons. The number of nitrogens with one attached hydrogen (secondary N) is 1. The molecule has 2 heterocycles. The lowest BCUT2D eigenvalue weighted by atomic mass is 10.1. The molecule has 5 heteroatoms. The molecule has 5 nitrogen and oxygen atoms in total. The second kappa shape index (κ2) is 8.52. The van der Waals surface area contributed by atoms with Gasteiger partial charge in [-0.1, -0.05) is 37.3 Å². The number of carbonyl (C=O) groups is 2. The van der Waals surface area contributed by atoms with Gasteiger partial charge in [-0.15, -0.1) is 0 Å². The minimum Gasteiger partial charge on any atom is -0.361 e. The number of para-hydroxylation sites is 1. The summed E-state index contributed by atoms with van der Waals surface area (Å²) in [5.41, 5.74) is 4.24. The van der Waals surface area contributed by atoms with E-state index in [4.69, 9.17) is 0 Å². The van der Waals surface area contributed by atoms with Gasteiger partial charge in [0, 0.05) is 55.3 Å². The monoisotopic (exact) mass is 389 g/mol. The van der Waals surface area contributed by atoms with Crippen molar-refractivity contribution in [1.82, 2.24) is 14.8 Å². The Bertz CT molecular complexity index is 998. The predicted octanol–water partition coefficient (Wildman–Crippen LogP) is 3.65. The fourth-order valence-electron chi connectivity index (χ4n) is 3.96. The number of amides is 2. The Labute approximate surface area is 171 Å². The molecule has 0 unspecified atom stereocenters. The van der Waals surface area contributed by atoms with Crippen molar-refractivity contribution >= 4 is 22.7 Å². The maximum Gasteiger partial charge on any atom is 0.253 e. The van der Waals surface area contributed by atoms with Crippen LogP contribution in [0.4, 0.5) is 0 Å². The average molecular weight is 389 g/mol. The number of carbonyl (C=O) groups excluding carboxylic acids is 2. The number of aryl methyl sites for hydroxylation is 2. The summed E-state index contributed by atoms with van der Waals surface area (Å²) in [6.07, 6.45) is 4.19. The molecule has 0 spiro atoms. The second-order valence-electron chi connectivity index (χ2n) is 7.58. The molecule has 1 fully saturated rings. The molecule has 1 aliphatic heterocycles. The normalized spacial score (nSPS) is 14.4. The molecule has 0 aliphatic carbocycles. The van der Waals surface area contributed by atoms with Crippen molar-refractivity contribution in [2.24, 2.45) is 0 Å². The third-order valence-electron chi connectivity index (χ3n) is 5.81. The number of piperazine rings is 1. The Balaban J connectivity index is 1.29. The first-order valence-corrected chi connectivity index (χ1v) is 10.4. The quantitative estimate of drug-likeness (QED) is 0.724. The number of H-pyrrole nitrogens is 1. The van der Waals surface area contributed by atoms with Gasteiger partial charge in [0.05, 0.1) is 0 Å². The first-order valence-electron chi connectivity index (χ1n) is 10.4. The van der Waals surface area contributed by atoms with Gasteiger partial charge in [-0.2, -0.15) is 0 Å². The predicted molar refractivity (Wildman–Crippen MR) is 115 cm³/mol. The summed E-state index contributed by atoms with van der Waals surface area (Å²) in [6.45, 7) is 4.49. The van der Waals surface area contributed by atoms with E-state index in [9.17, 15) is 9.59 Å². The Morgan fingerprint density at radius 3 is 2.34 bits per heavy atom. The highest BCUT2D eigenvalue weighted by Crippen LogP contribution is 2.19. The minimum absolute atomic E-state index is 0.0542. The highest BCUT2D eigenvalue weighted by molar-refractivity contribution is 5.94. The van der Waals surface area contributed by atoms with Crippen LogP contribution in [0.2, 0.25) is 0 Å². The zero-order chi connectivity index (χ0) is 20.2. The van der Waals surface area contributed by atoms with Crippen LogP contribution in [0.15, 0.2) is 54.7 Å². The van der Waals surface area contributed by atoms with Crippen molar-refractivity contribution in [2.45, 2.75) is 26.2 Å². The van der Waals surface area contributed by atoms with Crippen LogP contribution < -0.4 is 0 Å². The summed E-state index contributed by atoms with van der Waals surface area (Å²) in [5, 5.41) is 1.19. The summed E-state index contributed by atoms with van der Waals surface area (Å²) in [4.78, 5) is 32.4. The highest BCUT2D eigenvalue weighted by Gasteiger charge is 2.24. The van der Waals surface area contributed by atoms with Crippen molar-refractivity contribution in [3.05, 3.63) is 71.4 Å². The molecule has 1 N–H and O–H groups in total. The number of hydrogen-bond donors (Lipinski definition) is 1. The molecular weight excluding hydrogens is 362 g/mol.